The number of nitrogens with one attached hydrogen (secondary N) is 1. The van der Waals surface area contributed by atoms with Crippen molar-refractivity contribution in [3.63, 3.8) is 0 Å². The first-order chi connectivity index (χ1) is 12.3. The van der Waals surface area contributed by atoms with Crippen molar-refractivity contribution in [1.82, 2.24) is 10.3 Å². The van der Waals surface area contributed by atoms with Gasteiger partial charge in [-0.05, 0) is 35.9 Å². The number of benzene rings is 1. The zero-order valence-electron chi connectivity index (χ0n) is 13.7. The fraction of sp³-hybridized carbons (Fsp3) is 0.263. The van der Waals surface area contributed by atoms with Crippen molar-refractivity contribution in [2.75, 3.05) is 24.5 Å². The van der Waals surface area contributed by atoms with Crippen molar-refractivity contribution >= 4 is 34.3 Å². The third-order valence-electron chi connectivity index (χ3n) is 4.46. The van der Waals surface area contributed by atoms with Gasteiger partial charge in [-0.3, -0.25) is 4.79 Å². The molecule has 3 heterocycles. The summed E-state index contributed by atoms with van der Waals surface area (Å²) in [5, 5.41) is 9.87. The first kappa shape index (κ1) is 16.3. The largest absolute Gasteiger partial charge is 0.371 e. The van der Waals surface area contributed by atoms with Crippen LogP contribution in [0.2, 0.25) is 0 Å². The number of hydrogen-bond acceptors (Lipinski definition) is 5. The van der Waals surface area contributed by atoms with Gasteiger partial charge in [0, 0.05) is 41.6 Å². The minimum atomic E-state index is -0.0732. The smallest absolute Gasteiger partial charge is 0.270 e. The summed E-state index contributed by atoms with van der Waals surface area (Å²) in [6, 6.07) is 12.5. The number of thiophene rings is 1. The second-order valence-electron chi connectivity index (χ2n) is 6.20. The van der Waals surface area contributed by atoms with Crippen LogP contribution in [0.15, 0.2) is 52.5 Å². The highest BCUT2D eigenvalue weighted by molar-refractivity contribution is 7.14. The molecule has 0 aliphatic carbocycles. The minimum Gasteiger partial charge on any atom is -0.371 e. The Kier molecular flexibility index (Phi) is 4.81. The van der Waals surface area contributed by atoms with Gasteiger partial charge in [-0.25, -0.2) is 4.98 Å². The predicted octanol–water partition coefficient (Wildman–Crippen LogP) is 4.13. The van der Waals surface area contributed by atoms with Crippen LogP contribution < -0.4 is 10.2 Å². The standard InChI is InChI=1S/C19H19N3OS2/c23-18(17-13-25-19(21-17)15-7-9-24-12-15)20-10-14-6-8-22(11-14)16-4-2-1-3-5-16/h1-5,7,9,12-14H,6,8,10-11H2,(H,20,23). The maximum absolute atomic E-state index is 12.4. The number of rotatable bonds is 5. The van der Waals surface area contributed by atoms with Crippen molar-refractivity contribution < 1.29 is 4.79 Å². The van der Waals surface area contributed by atoms with Crippen molar-refractivity contribution in [3.8, 4) is 10.6 Å². The van der Waals surface area contributed by atoms with Crippen molar-refractivity contribution in [2.24, 2.45) is 5.92 Å². The lowest BCUT2D eigenvalue weighted by Crippen LogP contribution is -2.31. The van der Waals surface area contributed by atoms with Gasteiger partial charge in [0.25, 0.3) is 5.91 Å². The summed E-state index contributed by atoms with van der Waals surface area (Å²) in [4.78, 5) is 19.2. The molecule has 1 aliphatic heterocycles. The van der Waals surface area contributed by atoms with Crippen LogP contribution in [0, 0.1) is 5.92 Å². The quantitative estimate of drug-likeness (QED) is 0.735. The summed E-state index contributed by atoms with van der Waals surface area (Å²) in [6.07, 6.45) is 1.10. The number of thiazole rings is 1. The van der Waals surface area contributed by atoms with E-state index in [2.05, 4.69) is 44.8 Å². The highest BCUT2D eigenvalue weighted by Crippen LogP contribution is 2.26. The number of carbonyl (C=O) groups is 1. The Labute approximate surface area is 155 Å². The Hall–Kier alpha value is -2.18. The number of amides is 1. The first-order valence-corrected chi connectivity index (χ1v) is 10.2. The number of anilines is 1. The van der Waals surface area contributed by atoms with Crippen LogP contribution in [0.4, 0.5) is 5.69 Å². The second-order valence-corrected chi connectivity index (χ2v) is 7.83. The molecule has 1 unspecified atom stereocenters. The maximum Gasteiger partial charge on any atom is 0.270 e. The topological polar surface area (TPSA) is 45.2 Å². The fourth-order valence-electron chi connectivity index (χ4n) is 3.10. The molecule has 6 heteroatoms. The van der Waals surface area contributed by atoms with E-state index in [1.807, 2.05) is 22.9 Å². The van der Waals surface area contributed by atoms with E-state index >= 15 is 0 Å². The number of carbonyl (C=O) groups excluding carboxylic acids is 1. The van der Waals surface area contributed by atoms with Crippen LogP contribution in [0.3, 0.4) is 0 Å². The van der Waals surface area contributed by atoms with E-state index in [0.717, 1.165) is 30.1 Å². The van der Waals surface area contributed by atoms with E-state index in [9.17, 15) is 4.79 Å². The number of nitrogens with zero attached hydrogens (tertiary/aromatic N) is 2. The zero-order valence-corrected chi connectivity index (χ0v) is 15.4. The van der Waals surface area contributed by atoms with E-state index in [0.29, 0.717) is 18.2 Å². The molecule has 1 aromatic carbocycles. The Morgan fingerprint density at radius 2 is 2.12 bits per heavy atom. The molecule has 128 valence electrons. The summed E-state index contributed by atoms with van der Waals surface area (Å²) in [5.74, 6) is 0.412. The van der Waals surface area contributed by atoms with E-state index in [4.69, 9.17) is 0 Å². The highest BCUT2D eigenvalue weighted by Gasteiger charge is 2.23. The molecule has 1 aliphatic rings. The first-order valence-electron chi connectivity index (χ1n) is 8.36. The highest BCUT2D eigenvalue weighted by atomic mass is 32.1. The van der Waals surface area contributed by atoms with Gasteiger partial charge < -0.3 is 10.2 Å². The number of aromatic nitrogens is 1. The average Bonchev–Trinajstić information content (AvgIpc) is 3.41. The molecule has 1 amide bonds. The van der Waals surface area contributed by atoms with Crippen LogP contribution in [-0.4, -0.2) is 30.5 Å². The third kappa shape index (κ3) is 3.75. The van der Waals surface area contributed by atoms with Gasteiger partial charge in [0.2, 0.25) is 0 Å². The summed E-state index contributed by atoms with van der Waals surface area (Å²) >= 11 is 3.16. The monoisotopic (exact) mass is 369 g/mol. The van der Waals surface area contributed by atoms with E-state index in [1.54, 1.807) is 11.3 Å². The van der Waals surface area contributed by atoms with Crippen molar-refractivity contribution in [2.45, 2.75) is 6.42 Å². The van der Waals surface area contributed by atoms with Crippen LogP contribution in [0.25, 0.3) is 10.6 Å². The lowest BCUT2D eigenvalue weighted by molar-refractivity contribution is 0.0944. The molecule has 25 heavy (non-hydrogen) atoms. The van der Waals surface area contributed by atoms with E-state index in [-0.39, 0.29) is 5.91 Å². The second kappa shape index (κ2) is 7.37. The molecule has 4 rings (SSSR count). The van der Waals surface area contributed by atoms with Crippen LogP contribution in [-0.2, 0) is 0 Å². The molecule has 2 aromatic heterocycles. The molecular formula is C19H19N3OS2. The van der Waals surface area contributed by atoms with Gasteiger partial charge in [0.05, 0.1) is 0 Å². The molecule has 1 saturated heterocycles. The van der Waals surface area contributed by atoms with E-state index in [1.165, 1.54) is 17.0 Å². The SMILES string of the molecule is O=C(NCC1CCN(c2ccccc2)C1)c1csc(-c2ccsc2)n1. The Balaban J connectivity index is 1.31. The van der Waals surface area contributed by atoms with Crippen molar-refractivity contribution in [3.05, 3.63) is 58.2 Å². The lowest BCUT2D eigenvalue weighted by atomic mass is 10.1. The Bertz CT molecular complexity index is 829. The number of para-hydroxylation sites is 1. The summed E-state index contributed by atoms with van der Waals surface area (Å²) in [5.41, 5.74) is 2.86. The molecule has 1 atom stereocenters. The molecule has 0 saturated carbocycles. The molecule has 1 N–H and O–H groups in total. The van der Waals surface area contributed by atoms with Gasteiger partial charge in [-0.1, -0.05) is 18.2 Å². The van der Waals surface area contributed by atoms with Gasteiger partial charge in [0.1, 0.15) is 10.7 Å². The van der Waals surface area contributed by atoms with Gasteiger partial charge in [0.15, 0.2) is 0 Å². The van der Waals surface area contributed by atoms with Gasteiger partial charge in [-0.15, -0.1) is 11.3 Å². The predicted molar refractivity (Wildman–Crippen MR) is 105 cm³/mol. The molecule has 0 radical (unpaired) electrons. The molecule has 1 fully saturated rings. The lowest BCUT2D eigenvalue weighted by Gasteiger charge is -2.18. The average molecular weight is 370 g/mol. The van der Waals surface area contributed by atoms with Crippen LogP contribution in [0.1, 0.15) is 16.9 Å². The zero-order chi connectivity index (χ0) is 17.1. The Morgan fingerprint density at radius 1 is 1.24 bits per heavy atom. The Morgan fingerprint density at radius 3 is 2.92 bits per heavy atom. The summed E-state index contributed by atoms with van der Waals surface area (Å²) in [6.45, 7) is 2.73. The van der Waals surface area contributed by atoms with Crippen LogP contribution in [0.5, 0.6) is 0 Å². The van der Waals surface area contributed by atoms with Gasteiger partial charge >= 0.3 is 0 Å². The van der Waals surface area contributed by atoms with Gasteiger partial charge in [-0.2, -0.15) is 11.3 Å². The third-order valence-corrected chi connectivity index (χ3v) is 6.04. The van der Waals surface area contributed by atoms with E-state index < -0.39 is 0 Å². The van der Waals surface area contributed by atoms with Crippen LogP contribution >= 0.6 is 22.7 Å². The fourth-order valence-corrected chi connectivity index (χ4v) is 4.61. The molecule has 0 spiro atoms. The molecule has 3 aromatic rings. The summed E-state index contributed by atoms with van der Waals surface area (Å²) in [7, 11) is 0. The van der Waals surface area contributed by atoms with Crippen molar-refractivity contribution in [1.29, 1.82) is 0 Å². The molecular weight excluding hydrogens is 350 g/mol. The minimum absolute atomic E-state index is 0.0732. The normalized spacial score (nSPS) is 17.0. The molecule has 0 bridgehead atoms. The maximum atomic E-state index is 12.4. The summed E-state index contributed by atoms with van der Waals surface area (Å²) < 4.78 is 0. The molecule has 4 nitrogen and oxygen atoms in total. The number of hydrogen-bond donors (Lipinski definition) is 1.